The molecular formula is C15H16N4O2. The summed E-state index contributed by atoms with van der Waals surface area (Å²) in [7, 11) is 1.52. The number of fused-ring (bicyclic) bond motifs is 1. The average molecular weight is 284 g/mol. The molecule has 0 radical (unpaired) electrons. The molecule has 0 spiro atoms. The summed E-state index contributed by atoms with van der Waals surface area (Å²) < 4.78 is 0. The van der Waals surface area contributed by atoms with Crippen molar-refractivity contribution in [3.63, 3.8) is 0 Å². The molecule has 1 aliphatic heterocycles. The second-order valence-electron chi connectivity index (χ2n) is 5.15. The van der Waals surface area contributed by atoms with Crippen LogP contribution in [0.5, 0.6) is 0 Å². The highest BCUT2D eigenvalue weighted by molar-refractivity contribution is 6.04. The fourth-order valence-corrected chi connectivity index (χ4v) is 2.58. The minimum atomic E-state index is -0.396. The van der Waals surface area contributed by atoms with Crippen LogP contribution in [0, 0.1) is 0 Å². The maximum absolute atomic E-state index is 12.1. The molecule has 0 bridgehead atoms. The third-order valence-corrected chi connectivity index (χ3v) is 3.83. The van der Waals surface area contributed by atoms with Gasteiger partial charge in [0.1, 0.15) is 6.04 Å². The first-order valence-electron chi connectivity index (χ1n) is 6.77. The Morgan fingerprint density at radius 1 is 1.29 bits per heavy atom. The lowest BCUT2D eigenvalue weighted by atomic mass is 10.0. The van der Waals surface area contributed by atoms with E-state index in [2.05, 4.69) is 10.3 Å². The zero-order valence-corrected chi connectivity index (χ0v) is 11.7. The van der Waals surface area contributed by atoms with Gasteiger partial charge in [-0.25, -0.2) is 0 Å². The van der Waals surface area contributed by atoms with E-state index in [4.69, 9.17) is 5.73 Å². The quantitative estimate of drug-likeness (QED) is 0.642. The Hall–Kier alpha value is -2.63. The number of pyridine rings is 1. The van der Waals surface area contributed by atoms with Gasteiger partial charge in [0.15, 0.2) is 0 Å². The van der Waals surface area contributed by atoms with E-state index >= 15 is 0 Å². The summed E-state index contributed by atoms with van der Waals surface area (Å²) in [6, 6.07) is 5.10. The van der Waals surface area contributed by atoms with E-state index in [0.717, 1.165) is 16.5 Å². The van der Waals surface area contributed by atoms with Gasteiger partial charge in [-0.3, -0.25) is 19.5 Å². The van der Waals surface area contributed by atoms with Crippen molar-refractivity contribution in [2.24, 2.45) is 0 Å². The van der Waals surface area contributed by atoms with Crippen molar-refractivity contribution in [1.29, 1.82) is 0 Å². The predicted molar refractivity (Wildman–Crippen MR) is 80.6 cm³/mol. The number of piperidine rings is 1. The minimum Gasteiger partial charge on any atom is -0.398 e. The molecule has 1 aromatic heterocycles. The molecule has 21 heavy (non-hydrogen) atoms. The van der Waals surface area contributed by atoms with Gasteiger partial charge >= 0.3 is 0 Å². The maximum atomic E-state index is 12.1. The van der Waals surface area contributed by atoms with Crippen molar-refractivity contribution in [1.82, 2.24) is 9.88 Å². The Kier molecular flexibility index (Phi) is 3.21. The number of hydrogen-bond acceptors (Lipinski definition) is 5. The summed E-state index contributed by atoms with van der Waals surface area (Å²) in [4.78, 5) is 28.9. The molecule has 0 aliphatic carbocycles. The SMILES string of the molecule is CN1C(=O)CCC(Nc2ccc(N)c3cnccc23)C1=O. The molecule has 1 atom stereocenters. The average Bonchev–Trinajstić information content (AvgIpc) is 2.50. The highest BCUT2D eigenvalue weighted by atomic mass is 16.2. The van der Waals surface area contributed by atoms with Crippen molar-refractivity contribution in [2.45, 2.75) is 18.9 Å². The zero-order valence-electron chi connectivity index (χ0n) is 11.7. The van der Waals surface area contributed by atoms with Gasteiger partial charge in [0.05, 0.1) is 0 Å². The second-order valence-corrected chi connectivity index (χ2v) is 5.15. The number of aromatic nitrogens is 1. The number of carbonyl (C=O) groups excluding carboxylic acids is 2. The fourth-order valence-electron chi connectivity index (χ4n) is 2.58. The minimum absolute atomic E-state index is 0.135. The molecule has 0 saturated carbocycles. The molecule has 6 heteroatoms. The van der Waals surface area contributed by atoms with Crippen molar-refractivity contribution < 1.29 is 9.59 Å². The summed E-state index contributed by atoms with van der Waals surface area (Å²) in [5.74, 6) is -0.338. The molecule has 2 amide bonds. The number of nitrogens with zero attached hydrogens (tertiary/aromatic N) is 2. The van der Waals surface area contributed by atoms with Crippen molar-refractivity contribution in [3.05, 3.63) is 30.6 Å². The number of nitrogens with two attached hydrogens (primary N) is 1. The molecule has 6 nitrogen and oxygen atoms in total. The summed E-state index contributed by atoms with van der Waals surface area (Å²) in [6.07, 6.45) is 4.26. The Balaban J connectivity index is 1.94. The van der Waals surface area contributed by atoms with E-state index in [9.17, 15) is 9.59 Å². The normalized spacial score (nSPS) is 19.1. The maximum Gasteiger partial charge on any atom is 0.251 e. The number of rotatable bonds is 2. The summed E-state index contributed by atoms with van der Waals surface area (Å²) in [5, 5.41) is 4.98. The van der Waals surface area contributed by atoms with Crippen LogP contribution < -0.4 is 11.1 Å². The monoisotopic (exact) mass is 284 g/mol. The number of benzene rings is 1. The van der Waals surface area contributed by atoms with Gasteiger partial charge in [-0.15, -0.1) is 0 Å². The van der Waals surface area contributed by atoms with Crippen molar-refractivity contribution in [2.75, 3.05) is 18.1 Å². The van der Waals surface area contributed by atoms with Crippen LogP contribution in [0.25, 0.3) is 10.8 Å². The molecule has 1 aliphatic rings. The van der Waals surface area contributed by atoms with Crippen LogP contribution in [0.4, 0.5) is 11.4 Å². The van der Waals surface area contributed by atoms with E-state index in [1.807, 2.05) is 12.1 Å². The Labute approximate surface area is 121 Å². The first kappa shape index (κ1) is 13.4. The summed E-state index contributed by atoms with van der Waals surface area (Å²) in [6.45, 7) is 0. The number of likely N-dealkylation sites (tertiary alicyclic amines) is 1. The van der Waals surface area contributed by atoms with Crippen molar-refractivity contribution in [3.8, 4) is 0 Å². The molecule has 2 aromatic rings. The van der Waals surface area contributed by atoms with Crippen LogP contribution in [0.15, 0.2) is 30.6 Å². The van der Waals surface area contributed by atoms with E-state index < -0.39 is 6.04 Å². The van der Waals surface area contributed by atoms with Gasteiger partial charge in [0.2, 0.25) is 5.91 Å². The van der Waals surface area contributed by atoms with Gasteiger partial charge in [0, 0.05) is 48.0 Å². The number of amides is 2. The number of anilines is 2. The van der Waals surface area contributed by atoms with Gasteiger partial charge < -0.3 is 11.1 Å². The Morgan fingerprint density at radius 3 is 2.90 bits per heavy atom. The van der Waals surface area contributed by atoms with E-state index in [1.54, 1.807) is 18.5 Å². The predicted octanol–water partition coefficient (Wildman–Crippen LogP) is 1.38. The standard InChI is InChI=1S/C15H16N4O2/c1-19-14(20)5-4-13(15(19)21)18-12-3-2-11(16)10-8-17-7-6-9(10)12/h2-3,6-8,13,18H,4-5,16H2,1H3. The number of imide groups is 1. The first-order valence-corrected chi connectivity index (χ1v) is 6.77. The fraction of sp³-hybridized carbons (Fsp3) is 0.267. The van der Waals surface area contributed by atoms with Gasteiger partial charge in [-0.05, 0) is 24.6 Å². The molecular weight excluding hydrogens is 268 g/mol. The van der Waals surface area contributed by atoms with E-state index in [1.165, 1.54) is 11.9 Å². The number of nitrogens with one attached hydrogen (secondary N) is 1. The second kappa shape index (κ2) is 5.05. The van der Waals surface area contributed by atoms with E-state index in [-0.39, 0.29) is 11.8 Å². The van der Waals surface area contributed by atoms with E-state index in [0.29, 0.717) is 18.5 Å². The highest BCUT2D eigenvalue weighted by Gasteiger charge is 2.31. The lowest BCUT2D eigenvalue weighted by Crippen LogP contribution is -2.48. The van der Waals surface area contributed by atoms with Crippen LogP contribution in [0.1, 0.15) is 12.8 Å². The molecule has 1 fully saturated rings. The Bertz CT molecular complexity index is 729. The highest BCUT2D eigenvalue weighted by Crippen LogP contribution is 2.29. The molecule has 3 N–H and O–H groups in total. The zero-order chi connectivity index (χ0) is 15.0. The summed E-state index contributed by atoms with van der Waals surface area (Å²) in [5.41, 5.74) is 7.40. The van der Waals surface area contributed by atoms with Crippen LogP contribution in [-0.4, -0.2) is 34.8 Å². The number of carbonyl (C=O) groups is 2. The summed E-state index contributed by atoms with van der Waals surface area (Å²) >= 11 is 0. The number of likely N-dealkylation sites (N-methyl/N-ethyl adjacent to an activating group) is 1. The lowest BCUT2D eigenvalue weighted by molar-refractivity contribution is -0.146. The van der Waals surface area contributed by atoms with Gasteiger partial charge in [-0.1, -0.05) is 0 Å². The largest absolute Gasteiger partial charge is 0.398 e. The first-order chi connectivity index (χ1) is 10.1. The third kappa shape index (κ3) is 2.29. The third-order valence-electron chi connectivity index (χ3n) is 3.83. The van der Waals surface area contributed by atoms with Gasteiger partial charge in [0.25, 0.3) is 5.91 Å². The molecule has 1 unspecified atom stereocenters. The number of hydrogen-bond donors (Lipinski definition) is 2. The molecule has 1 saturated heterocycles. The van der Waals surface area contributed by atoms with Gasteiger partial charge in [-0.2, -0.15) is 0 Å². The number of nitrogen functional groups attached to an aromatic ring is 1. The van der Waals surface area contributed by atoms with Crippen LogP contribution in [0.3, 0.4) is 0 Å². The smallest absolute Gasteiger partial charge is 0.251 e. The molecule has 3 rings (SSSR count). The van der Waals surface area contributed by atoms with Crippen LogP contribution in [0.2, 0.25) is 0 Å². The van der Waals surface area contributed by atoms with Crippen LogP contribution in [-0.2, 0) is 9.59 Å². The molecule has 1 aromatic carbocycles. The van der Waals surface area contributed by atoms with Crippen molar-refractivity contribution >= 4 is 34.0 Å². The Morgan fingerprint density at radius 2 is 2.10 bits per heavy atom. The molecule has 2 heterocycles. The molecule has 108 valence electrons. The lowest BCUT2D eigenvalue weighted by Gasteiger charge is -2.29. The van der Waals surface area contributed by atoms with Crippen LogP contribution >= 0.6 is 0 Å². The topological polar surface area (TPSA) is 88.3 Å².